The molecule has 0 aliphatic carbocycles. The molecule has 2 aromatic heterocycles. The third kappa shape index (κ3) is 3.97. The van der Waals surface area contributed by atoms with Crippen LogP contribution in [-0.4, -0.2) is 34.6 Å². The highest BCUT2D eigenvalue weighted by Gasteiger charge is 2.23. The summed E-state index contributed by atoms with van der Waals surface area (Å²) in [4.78, 5) is 15.8. The smallest absolute Gasteiger partial charge is 0.132 e. The highest BCUT2D eigenvalue weighted by molar-refractivity contribution is 5.40. The number of nitrogens with one attached hydrogen (secondary N) is 1. The molecule has 5 heteroatoms. The van der Waals surface area contributed by atoms with E-state index in [-0.39, 0.29) is 0 Å². The molecular weight excluding hydrogens is 286 g/mol. The largest absolute Gasteiger partial charge is 0.373 e. The normalized spacial score (nSPS) is 18.0. The van der Waals surface area contributed by atoms with E-state index in [0.29, 0.717) is 6.04 Å². The summed E-state index contributed by atoms with van der Waals surface area (Å²) in [6.45, 7) is 3.11. The quantitative estimate of drug-likeness (QED) is 0.919. The van der Waals surface area contributed by atoms with Gasteiger partial charge in [0.15, 0.2) is 0 Å². The van der Waals surface area contributed by atoms with Crippen molar-refractivity contribution >= 4 is 11.6 Å². The first kappa shape index (κ1) is 15.7. The number of rotatable bonds is 5. The maximum atomic E-state index is 4.63. The Labute approximate surface area is 138 Å². The molecule has 5 nitrogen and oxygen atoms in total. The summed E-state index contributed by atoms with van der Waals surface area (Å²) in [5, 5.41) is 3.11. The molecule has 0 aromatic carbocycles. The molecule has 1 N–H and O–H groups in total. The van der Waals surface area contributed by atoms with Gasteiger partial charge in [-0.2, -0.15) is 0 Å². The van der Waals surface area contributed by atoms with Crippen molar-refractivity contribution in [3.63, 3.8) is 0 Å². The lowest BCUT2D eigenvalue weighted by atomic mass is 9.97. The van der Waals surface area contributed by atoms with Crippen LogP contribution in [0.5, 0.6) is 0 Å². The monoisotopic (exact) mass is 311 g/mol. The van der Waals surface area contributed by atoms with E-state index in [2.05, 4.69) is 43.4 Å². The van der Waals surface area contributed by atoms with E-state index in [1.54, 1.807) is 6.33 Å². The summed E-state index contributed by atoms with van der Waals surface area (Å²) in [5.74, 6) is 2.01. The van der Waals surface area contributed by atoms with Crippen molar-refractivity contribution in [1.82, 2.24) is 15.0 Å². The molecule has 1 atom stereocenters. The zero-order valence-electron chi connectivity index (χ0n) is 14.0. The first-order valence-corrected chi connectivity index (χ1v) is 8.45. The van der Waals surface area contributed by atoms with E-state index >= 15 is 0 Å². The number of pyridine rings is 1. The molecule has 1 fully saturated rings. The van der Waals surface area contributed by atoms with Gasteiger partial charge in [-0.25, -0.2) is 15.0 Å². The molecule has 1 unspecified atom stereocenters. The van der Waals surface area contributed by atoms with Crippen molar-refractivity contribution < 1.29 is 0 Å². The number of piperidine rings is 1. The van der Waals surface area contributed by atoms with Crippen LogP contribution in [-0.2, 0) is 6.42 Å². The average molecular weight is 311 g/mol. The molecule has 3 heterocycles. The minimum atomic E-state index is 0.540. The third-order valence-corrected chi connectivity index (χ3v) is 4.51. The average Bonchev–Trinajstić information content (AvgIpc) is 2.60. The summed E-state index contributed by atoms with van der Waals surface area (Å²) >= 11 is 0. The van der Waals surface area contributed by atoms with Crippen LogP contribution in [0.3, 0.4) is 0 Å². The Morgan fingerprint density at radius 2 is 2.17 bits per heavy atom. The van der Waals surface area contributed by atoms with Gasteiger partial charge in [-0.3, -0.25) is 0 Å². The maximum absolute atomic E-state index is 4.63. The molecule has 0 radical (unpaired) electrons. The number of hydrogen-bond donors (Lipinski definition) is 1. The van der Waals surface area contributed by atoms with Gasteiger partial charge < -0.3 is 10.2 Å². The number of anilines is 2. The molecule has 0 amide bonds. The zero-order chi connectivity index (χ0) is 16.1. The second-order valence-electron chi connectivity index (χ2n) is 6.16. The first-order valence-electron chi connectivity index (χ1n) is 8.45. The molecule has 1 aliphatic heterocycles. The number of hydrogen-bond acceptors (Lipinski definition) is 5. The Kier molecular flexibility index (Phi) is 5.05. The van der Waals surface area contributed by atoms with Crippen LogP contribution >= 0.6 is 0 Å². The fourth-order valence-electron chi connectivity index (χ4n) is 3.27. The van der Waals surface area contributed by atoms with Gasteiger partial charge in [0, 0.05) is 37.1 Å². The van der Waals surface area contributed by atoms with Crippen molar-refractivity contribution in [3.05, 3.63) is 42.0 Å². The Bertz CT molecular complexity index is 643. The van der Waals surface area contributed by atoms with Crippen LogP contribution in [0, 0.1) is 6.92 Å². The second-order valence-corrected chi connectivity index (χ2v) is 6.16. The van der Waals surface area contributed by atoms with E-state index in [9.17, 15) is 0 Å². The van der Waals surface area contributed by atoms with Crippen molar-refractivity contribution in [2.45, 2.75) is 45.1 Å². The number of aromatic nitrogens is 3. The van der Waals surface area contributed by atoms with Crippen molar-refractivity contribution in [3.8, 4) is 0 Å². The summed E-state index contributed by atoms with van der Waals surface area (Å²) in [7, 11) is 1.91. The van der Waals surface area contributed by atoms with Crippen molar-refractivity contribution in [1.29, 1.82) is 0 Å². The Balaban J connectivity index is 1.69. The van der Waals surface area contributed by atoms with Crippen molar-refractivity contribution in [2.24, 2.45) is 0 Å². The van der Waals surface area contributed by atoms with Gasteiger partial charge in [-0.1, -0.05) is 6.07 Å². The highest BCUT2D eigenvalue weighted by Crippen LogP contribution is 2.26. The van der Waals surface area contributed by atoms with Crippen LogP contribution in [0.1, 0.15) is 37.1 Å². The summed E-state index contributed by atoms with van der Waals surface area (Å²) in [6, 6.07) is 8.82. The molecule has 23 heavy (non-hydrogen) atoms. The van der Waals surface area contributed by atoms with Crippen LogP contribution in [0.15, 0.2) is 30.6 Å². The van der Waals surface area contributed by atoms with Gasteiger partial charge in [0.1, 0.15) is 18.0 Å². The van der Waals surface area contributed by atoms with Gasteiger partial charge in [-0.15, -0.1) is 0 Å². The standard InChI is InChI=1S/C18H25N5/c1-14-12-18(21-13-20-14)23-11-4-3-7-16(23)10-9-15-6-5-8-17(19-2)22-15/h5-6,8,12-13,16H,3-4,7,9-11H2,1-2H3,(H,19,22). The SMILES string of the molecule is CNc1cccc(CCC2CCCCN2c2cc(C)ncn2)n1. The molecule has 2 aromatic rings. The number of aryl methyl sites for hydroxylation is 2. The fraction of sp³-hybridized carbons (Fsp3) is 0.500. The summed E-state index contributed by atoms with van der Waals surface area (Å²) < 4.78 is 0. The molecule has 0 bridgehead atoms. The van der Waals surface area contributed by atoms with Gasteiger partial charge in [-0.05, 0) is 51.2 Å². The molecular formula is C18H25N5. The predicted molar refractivity (Wildman–Crippen MR) is 93.9 cm³/mol. The van der Waals surface area contributed by atoms with E-state index in [0.717, 1.165) is 42.4 Å². The fourth-order valence-corrected chi connectivity index (χ4v) is 3.27. The van der Waals surface area contributed by atoms with E-state index in [4.69, 9.17) is 0 Å². The molecule has 1 aliphatic rings. The lowest BCUT2D eigenvalue weighted by Gasteiger charge is -2.36. The van der Waals surface area contributed by atoms with Crippen LogP contribution in [0.4, 0.5) is 11.6 Å². The molecule has 1 saturated heterocycles. The topological polar surface area (TPSA) is 53.9 Å². The van der Waals surface area contributed by atoms with Crippen LogP contribution in [0.2, 0.25) is 0 Å². The summed E-state index contributed by atoms with van der Waals surface area (Å²) in [5.41, 5.74) is 2.18. The molecule has 3 rings (SSSR count). The minimum absolute atomic E-state index is 0.540. The van der Waals surface area contributed by atoms with Gasteiger partial charge in [0.25, 0.3) is 0 Å². The molecule has 122 valence electrons. The Morgan fingerprint density at radius 3 is 3.00 bits per heavy atom. The summed E-state index contributed by atoms with van der Waals surface area (Å²) in [6.07, 6.45) is 7.56. The first-order chi connectivity index (χ1) is 11.3. The van der Waals surface area contributed by atoms with Gasteiger partial charge >= 0.3 is 0 Å². The third-order valence-electron chi connectivity index (χ3n) is 4.51. The van der Waals surface area contributed by atoms with E-state index in [1.165, 1.54) is 19.3 Å². The number of nitrogens with zero attached hydrogens (tertiary/aromatic N) is 4. The van der Waals surface area contributed by atoms with E-state index in [1.807, 2.05) is 20.0 Å². The lowest BCUT2D eigenvalue weighted by molar-refractivity contribution is 0.433. The van der Waals surface area contributed by atoms with Gasteiger partial charge in [0.05, 0.1) is 0 Å². The van der Waals surface area contributed by atoms with Crippen LogP contribution in [0.25, 0.3) is 0 Å². The van der Waals surface area contributed by atoms with Crippen molar-refractivity contribution in [2.75, 3.05) is 23.8 Å². The zero-order valence-corrected chi connectivity index (χ0v) is 14.0. The van der Waals surface area contributed by atoms with Crippen LogP contribution < -0.4 is 10.2 Å². The Morgan fingerprint density at radius 1 is 1.26 bits per heavy atom. The minimum Gasteiger partial charge on any atom is -0.373 e. The molecule has 0 spiro atoms. The lowest BCUT2D eigenvalue weighted by Crippen LogP contribution is -2.40. The predicted octanol–water partition coefficient (Wildman–Crippen LogP) is 3.21. The highest BCUT2D eigenvalue weighted by atomic mass is 15.2. The maximum Gasteiger partial charge on any atom is 0.132 e. The molecule has 0 saturated carbocycles. The second kappa shape index (κ2) is 7.40. The Hall–Kier alpha value is -2.17. The van der Waals surface area contributed by atoms with E-state index < -0.39 is 0 Å². The van der Waals surface area contributed by atoms with Gasteiger partial charge in [0.2, 0.25) is 0 Å².